The van der Waals surface area contributed by atoms with Crippen molar-refractivity contribution < 1.29 is 4.39 Å². The van der Waals surface area contributed by atoms with Crippen molar-refractivity contribution >= 4 is 5.69 Å². The number of rotatable bonds is 4. The third kappa shape index (κ3) is 3.05. The lowest BCUT2D eigenvalue weighted by Crippen LogP contribution is -2.06. The third-order valence-electron chi connectivity index (χ3n) is 2.53. The Morgan fingerprint density at radius 3 is 2.94 bits per heavy atom. The molecule has 0 aliphatic rings. The molecule has 18 heavy (non-hydrogen) atoms. The van der Waals surface area contributed by atoms with Crippen molar-refractivity contribution in [1.82, 2.24) is 4.98 Å². The standard InChI is InChI=1S/C14H12FN3/c15-12-4-1-3-11(9-12)6-8-18-13-5-2-7-17-14(13)10-16/h1-5,7,9,18H,6,8H2. The van der Waals surface area contributed by atoms with Gasteiger partial charge in [-0.2, -0.15) is 5.26 Å². The summed E-state index contributed by atoms with van der Waals surface area (Å²) in [6.07, 6.45) is 2.27. The van der Waals surface area contributed by atoms with Crippen molar-refractivity contribution in [2.24, 2.45) is 0 Å². The Bertz CT molecular complexity index is 575. The number of benzene rings is 1. The predicted molar refractivity (Wildman–Crippen MR) is 67.5 cm³/mol. The lowest BCUT2D eigenvalue weighted by atomic mass is 10.1. The Hall–Kier alpha value is -2.41. The lowest BCUT2D eigenvalue weighted by Gasteiger charge is -2.07. The molecule has 3 nitrogen and oxygen atoms in total. The maximum absolute atomic E-state index is 13.0. The Kier molecular flexibility index (Phi) is 3.87. The summed E-state index contributed by atoms with van der Waals surface area (Å²) in [4.78, 5) is 3.95. The highest BCUT2D eigenvalue weighted by Crippen LogP contribution is 2.11. The van der Waals surface area contributed by atoms with Crippen LogP contribution in [0.5, 0.6) is 0 Å². The number of hydrogen-bond acceptors (Lipinski definition) is 3. The van der Waals surface area contributed by atoms with Crippen LogP contribution < -0.4 is 5.32 Å². The first-order valence-electron chi connectivity index (χ1n) is 5.63. The van der Waals surface area contributed by atoms with Crippen LogP contribution in [0.4, 0.5) is 10.1 Å². The number of nitriles is 1. The van der Waals surface area contributed by atoms with E-state index < -0.39 is 0 Å². The van der Waals surface area contributed by atoms with Crippen molar-refractivity contribution in [3.8, 4) is 6.07 Å². The average Bonchev–Trinajstić information content (AvgIpc) is 2.39. The quantitative estimate of drug-likeness (QED) is 0.895. The van der Waals surface area contributed by atoms with Gasteiger partial charge in [0.2, 0.25) is 0 Å². The number of hydrogen-bond donors (Lipinski definition) is 1. The van der Waals surface area contributed by atoms with Crippen LogP contribution in [0.25, 0.3) is 0 Å². The van der Waals surface area contributed by atoms with E-state index in [0.717, 1.165) is 5.56 Å². The largest absolute Gasteiger partial charge is 0.382 e. The molecule has 0 amide bonds. The second-order valence-electron chi connectivity index (χ2n) is 3.82. The molecule has 4 heteroatoms. The molecule has 0 saturated heterocycles. The molecule has 0 unspecified atom stereocenters. The van der Waals surface area contributed by atoms with E-state index in [9.17, 15) is 4.39 Å². The van der Waals surface area contributed by atoms with Gasteiger partial charge >= 0.3 is 0 Å². The molecule has 0 bridgehead atoms. The lowest BCUT2D eigenvalue weighted by molar-refractivity contribution is 0.625. The molecule has 0 atom stereocenters. The molecule has 1 aromatic heterocycles. The summed E-state index contributed by atoms with van der Waals surface area (Å²) >= 11 is 0. The van der Waals surface area contributed by atoms with Gasteiger partial charge in [-0.15, -0.1) is 0 Å². The number of aromatic nitrogens is 1. The normalized spacial score (nSPS) is 9.78. The van der Waals surface area contributed by atoms with Gasteiger partial charge in [0.25, 0.3) is 0 Å². The van der Waals surface area contributed by atoms with Crippen LogP contribution in [0, 0.1) is 17.1 Å². The van der Waals surface area contributed by atoms with Crippen molar-refractivity contribution in [3.63, 3.8) is 0 Å². The topological polar surface area (TPSA) is 48.7 Å². The summed E-state index contributed by atoms with van der Waals surface area (Å²) in [5.41, 5.74) is 2.00. The highest BCUT2D eigenvalue weighted by Gasteiger charge is 2.01. The fraction of sp³-hybridized carbons (Fsp3) is 0.143. The monoisotopic (exact) mass is 241 g/mol. The zero-order valence-electron chi connectivity index (χ0n) is 9.73. The summed E-state index contributed by atoms with van der Waals surface area (Å²) in [5, 5.41) is 12.0. The molecule has 90 valence electrons. The Morgan fingerprint density at radius 1 is 1.28 bits per heavy atom. The van der Waals surface area contributed by atoms with Crippen molar-refractivity contribution in [3.05, 3.63) is 59.7 Å². The molecule has 1 aromatic carbocycles. The van der Waals surface area contributed by atoms with E-state index in [1.165, 1.54) is 12.1 Å². The number of pyridine rings is 1. The van der Waals surface area contributed by atoms with Gasteiger partial charge < -0.3 is 5.32 Å². The minimum Gasteiger partial charge on any atom is -0.382 e. The molecule has 2 aromatic rings. The van der Waals surface area contributed by atoms with Gasteiger partial charge in [-0.25, -0.2) is 9.37 Å². The summed E-state index contributed by atoms with van der Waals surface area (Å²) in [5.74, 6) is -0.230. The molecular weight excluding hydrogens is 229 g/mol. The third-order valence-corrected chi connectivity index (χ3v) is 2.53. The minimum atomic E-state index is -0.230. The van der Waals surface area contributed by atoms with Gasteiger partial charge in [-0.1, -0.05) is 12.1 Å². The molecule has 0 fully saturated rings. The molecule has 0 aliphatic carbocycles. The predicted octanol–water partition coefficient (Wildman–Crippen LogP) is 2.75. The Labute approximate surface area is 105 Å². The minimum absolute atomic E-state index is 0.230. The van der Waals surface area contributed by atoms with Gasteiger partial charge in [0.15, 0.2) is 5.69 Å². The van der Waals surface area contributed by atoms with Crippen LogP contribution in [0.15, 0.2) is 42.6 Å². The first-order chi connectivity index (χ1) is 8.79. The van der Waals surface area contributed by atoms with Crippen LogP contribution in [0.3, 0.4) is 0 Å². The van der Waals surface area contributed by atoms with Crippen molar-refractivity contribution in [1.29, 1.82) is 5.26 Å². The van der Waals surface area contributed by atoms with Crippen LogP contribution in [0.2, 0.25) is 0 Å². The first kappa shape index (κ1) is 12.1. The van der Waals surface area contributed by atoms with E-state index in [1.54, 1.807) is 24.4 Å². The second-order valence-corrected chi connectivity index (χ2v) is 3.82. The SMILES string of the molecule is N#Cc1ncccc1NCCc1cccc(F)c1. The molecular formula is C14H12FN3. The maximum atomic E-state index is 13.0. The van der Waals surface area contributed by atoms with Gasteiger partial charge in [-0.3, -0.25) is 0 Å². The second kappa shape index (κ2) is 5.78. The van der Waals surface area contributed by atoms with Gasteiger partial charge in [-0.05, 0) is 36.2 Å². The molecule has 0 saturated carbocycles. The highest BCUT2D eigenvalue weighted by atomic mass is 19.1. The van der Waals surface area contributed by atoms with E-state index in [2.05, 4.69) is 10.3 Å². The average molecular weight is 241 g/mol. The first-order valence-corrected chi connectivity index (χ1v) is 5.63. The van der Waals surface area contributed by atoms with E-state index in [-0.39, 0.29) is 5.82 Å². The van der Waals surface area contributed by atoms with E-state index >= 15 is 0 Å². The smallest absolute Gasteiger partial charge is 0.163 e. The van der Waals surface area contributed by atoms with E-state index in [4.69, 9.17) is 5.26 Å². The zero-order chi connectivity index (χ0) is 12.8. The van der Waals surface area contributed by atoms with Crippen LogP contribution in [-0.2, 0) is 6.42 Å². The van der Waals surface area contributed by atoms with E-state index in [1.807, 2.05) is 12.1 Å². The Morgan fingerprint density at radius 2 is 2.17 bits per heavy atom. The zero-order valence-corrected chi connectivity index (χ0v) is 9.73. The van der Waals surface area contributed by atoms with Crippen LogP contribution in [0.1, 0.15) is 11.3 Å². The van der Waals surface area contributed by atoms with Gasteiger partial charge in [0, 0.05) is 12.7 Å². The molecule has 0 spiro atoms. The summed E-state index contributed by atoms with van der Waals surface area (Å²) in [6, 6.07) is 12.1. The van der Waals surface area contributed by atoms with Crippen LogP contribution >= 0.6 is 0 Å². The molecule has 0 radical (unpaired) electrons. The van der Waals surface area contributed by atoms with Crippen LogP contribution in [-0.4, -0.2) is 11.5 Å². The number of halogens is 1. The number of nitrogens with zero attached hydrogens (tertiary/aromatic N) is 2. The summed E-state index contributed by atoms with van der Waals surface area (Å²) < 4.78 is 13.0. The fourth-order valence-corrected chi connectivity index (χ4v) is 1.67. The van der Waals surface area contributed by atoms with Crippen molar-refractivity contribution in [2.45, 2.75) is 6.42 Å². The summed E-state index contributed by atoms with van der Waals surface area (Å²) in [6.45, 7) is 0.629. The molecule has 2 rings (SSSR count). The number of nitrogens with one attached hydrogen (secondary N) is 1. The summed E-state index contributed by atoms with van der Waals surface area (Å²) in [7, 11) is 0. The van der Waals surface area contributed by atoms with E-state index in [0.29, 0.717) is 24.3 Å². The van der Waals surface area contributed by atoms with Crippen molar-refractivity contribution in [2.75, 3.05) is 11.9 Å². The van der Waals surface area contributed by atoms with Gasteiger partial charge in [0.1, 0.15) is 11.9 Å². The fourth-order valence-electron chi connectivity index (χ4n) is 1.67. The Balaban J connectivity index is 1.95. The molecule has 1 heterocycles. The number of anilines is 1. The highest BCUT2D eigenvalue weighted by molar-refractivity contribution is 5.53. The molecule has 1 N–H and O–H groups in total. The maximum Gasteiger partial charge on any atom is 0.163 e. The molecule has 0 aliphatic heterocycles. The van der Waals surface area contributed by atoms with Gasteiger partial charge in [0.05, 0.1) is 5.69 Å².